The quantitative estimate of drug-likeness (QED) is 0.658. The third-order valence-electron chi connectivity index (χ3n) is 4.71. The standard InChI is InChI=1S/C20H21ClFN3O2S/c21-14-1-6-18-19(11-14)28-20(23-18)25-9-7-24(8-10-25)12-16(26)13-27-17-4-2-15(22)3-5-17/h1-6,11,16,26H,7-10,12-13H2/t16-/m1/s1. The van der Waals surface area contributed by atoms with Crippen LogP contribution in [-0.4, -0.2) is 60.4 Å². The first-order valence-electron chi connectivity index (χ1n) is 9.17. The van der Waals surface area contributed by atoms with Crippen LogP contribution in [0, 0.1) is 5.82 Å². The van der Waals surface area contributed by atoms with Crippen LogP contribution < -0.4 is 9.64 Å². The zero-order chi connectivity index (χ0) is 19.5. The third kappa shape index (κ3) is 4.72. The highest BCUT2D eigenvalue weighted by molar-refractivity contribution is 7.22. The molecule has 3 aromatic rings. The molecule has 1 aliphatic heterocycles. The van der Waals surface area contributed by atoms with Gasteiger partial charge in [0, 0.05) is 37.7 Å². The number of fused-ring (bicyclic) bond motifs is 1. The van der Waals surface area contributed by atoms with Crippen LogP contribution in [0.3, 0.4) is 0 Å². The molecule has 1 aromatic heterocycles. The molecule has 8 heteroatoms. The number of aliphatic hydroxyl groups is 1. The fourth-order valence-electron chi connectivity index (χ4n) is 3.22. The van der Waals surface area contributed by atoms with Crippen LogP contribution in [0.2, 0.25) is 5.02 Å². The van der Waals surface area contributed by atoms with Gasteiger partial charge in [-0.15, -0.1) is 0 Å². The van der Waals surface area contributed by atoms with Crippen molar-refractivity contribution in [3.05, 3.63) is 53.3 Å². The van der Waals surface area contributed by atoms with Gasteiger partial charge in [0.15, 0.2) is 5.13 Å². The topological polar surface area (TPSA) is 48.8 Å². The Morgan fingerprint density at radius 2 is 1.89 bits per heavy atom. The maximum absolute atomic E-state index is 12.9. The number of nitrogens with zero attached hydrogens (tertiary/aromatic N) is 3. The van der Waals surface area contributed by atoms with Crippen molar-refractivity contribution >= 4 is 38.3 Å². The largest absolute Gasteiger partial charge is 0.491 e. The molecule has 148 valence electrons. The molecule has 0 unspecified atom stereocenters. The second-order valence-electron chi connectivity index (χ2n) is 6.81. The molecule has 1 atom stereocenters. The molecule has 0 spiro atoms. The fraction of sp³-hybridized carbons (Fsp3) is 0.350. The van der Waals surface area contributed by atoms with E-state index < -0.39 is 6.10 Å². The Hall–Kier alpha value is -1.93. The number of anilines is 1. The third-order valence-corrected chi connectivity index (χ3v) is 6.02. The van der Waals surface area contributed by atoms with Crippen molar-refractivity contribution in [1.82, 2.24) is 9.88 Å². The average molecular weight is 422 g/mol. The van der Waals surface area contributed by atoms with E-state index in [-0.39, 0.29) is 12.4 Å². The lowest BCUT2D eigenvalue weighted by atomic mass is 10.2. The van der Waals surface area contributed by atoms with Gasteiger partial charge in [0.2, 0.25) is 0 Å². The summed E-state index contributed by atoms with van der Waals surface area (Å²) in [5.41, 5.74) is 0.972. The molecule has 0 amide bonds. The zero-order valence-corrected chi connectivity index (χ0v) is 16.8. The number of ether oxygens (including phenoxy) is 1. The van der Waals surface area contributed by atoms with Gasteiger partial charge in [0.1, 0.15) is 24.3 Å². The lowest BCUT2D eigenvalue weighted by molar-refractivity contribution is 0.0663. The second kappa shape index (κ2) is 8.61. The lowest BCUT2D eigenvalue weighted by Gasteiger charge is -2.35. The zero-order valence-electron chi connectivity index (χ0n) is 15.2. The molecule has 0 saturated carbocycles. The molecule has 0 aliphatic carbocycles. The molecule has 5 nitrogen and oxygen atoms in total. The summed E-state index contributed by atoms with van der Waals surface area (Å²) in [6, 6.07) is 11.6. The minimum atomic E-state index is -0.596. The highest BCUT2D eigenvalue weighted by atomic mass is 35.5. The minimum Gasteiger partial charge on any atom is -0.491 e. The number of piperazine rings is 1. The SMILES string of the molecule is O[C@@H](COc1ccc(F)cc1)CN1CCN(c2nc3ccc(Cl)cc3s2)CC1. The molecular formula is C20H21ClFN3O2S. The van der Waals surface area contributed by atoms with Crippen LogP contribution in [0.4, 0.5) is 9.52 Å². The van der Waals surface area contributed by atoms with Gasteiger partial charge in [-0.3, -0.25) is 4.90 Å². The number of halogens is 2. The van der Waals surface area contributed by atoms with Gasteiger partial charge in [-0.1, -0.05) is 22.9 Å². The van der Waals surface area contributed by atoms with Crippen LogP contribution in [0.25, 0.3) is 10.2 Å². The molecule has 1 aliphatic rings. The normalized spacial score (nSPS) is 16.5. The van der Waals surface area contributed by atoms with Gasteiger partial charge in [0.25, 0.3) is 0 Å². The fourth-order valence-corrected chi connectivity index (χ4v) is 4.51. The van der Waals surface area contributed by atoms with E-state index in [4.69, 9.17) is 21.3 Å². The Morgan fingerprint density at radius 3 is 2.64 bits per heavy atom. The van der Waals surface area contributed by atoms with Crippen molar-refractivity contribution in [2.75, 3.05) is 44.2 Å². The molecule has 2 aromatic carbocycles. The first kappa shape index (κ1) is 19.4. The minimum absolute atomic E-state index is 0.185. The van der Waals surface area contributed by atoms with Crippen molar-refractivity contribution in [3.63, 3.8) is 0 Å². The smallest absolute Gasteiger partial charge is 0.186 e. The molecule has 1 N–H and O–H groups in total. The summed E-state index contributed by atoms with van der Waals surface area (Å²) in [6.07, 6.45) is -0.596. The Balaban J connectivity index is 1.25. The monoisotopic (exact) mass is 421 g/mol. The summed E-state index contributed by atoms with van der Waals surface area (Å²) >= 11 is 7.72. The summed E-state index contributed by atoms with van der Waals surface area (Å²) in [4.78, 5) is 9.20. The predicted octanol–water partition coefficient (Wildman–Crippen LogP) is 3.65. The molecule has 28 heavy (non-hydrogen) atoms. The molecule has 1 fully saturated rings. The number of β-amino-alcohol motifs (C(OH)–C–C–N with tert-alkyl or cyclic N) is 1. The van der Waals surface area contributed by atoms with E-state index in [1.165, 1.54) is 12.1 Å². The summed E-state index contributed by atoms with van der Waals surface area (Å²) < 4.78 is 19.5. The average Bonchev–Trinajstić information content (AvgIpc) is 3.11. The Bertz CT molecular complexity index is 929. The van der Waals surface area contributed by atoms with E-state index in [1.807, 2.05) is 18.2 Å². The lowest BCUT2D eigenvalue weighted by Crippen LogP contribution is -2.49. The highest BCUT2D eigenvalue weighted by Gasteiger charge is 2.21. The molecular weight excluding hydrogens is 401 g/mol. The van der Waals surface area contributed by atoms with Crippen LogP contribution >= 0.6 is 22.9 Å². The number of aliphatic hydroxyl groups excluding tert-OH is 1. The van der Waals surface area contributed by atoms with Gasteiger partial charge >= 0.3 is 0 Å². The molecule has 4 rings (SSSR count). The number of benzene rings is 2. The molecule has 0 radical (unpaired) electrons. The second-order valence-corrected chi connectivity index (χ2v) is 8.26. The van der Waals surface area contributed by atoms with E-state index in [0.717, 1.165) is 46.5 Å². The number of rotatable bonds is 6. The summed E-state index contributed by atoms with van der Waals surface area (Å²) in [5, 5.41) is 12.0. The van der Waals surface area contributed by atoms with E-state index >= 15 is 0 Å². The maximum atomic E-state index is 12.9. The van der Waals surface area contributed by atoms with Gasteiger partial charge in [-0.05, 0) is 42.5 Å². The van der Waals surface area contributed by atoms with Crippen LogP contribution in [0.15, 0.2) is 42.5 Å². The Labute approximate surface area is 171 Å². The van der Waals surface area contributed by atoms with Gasteiger partial charge in [-0.2, -0.15) is 0 Å². The van der Waals surface area contributed by atoms with E-state index in [1.54, 1.807) is 23.5 Å². The van der Waals surface area contributed by atoms with Crippen LogP contribution in [0.1, 0.15) is 0 Å². The highest BCUT2D eigenvalue weighted by Crippen LogP contribution is 2.31. The first-order chi connectivity index (χ1) is 13.6. The van der Waals surface area contributed by atoms with Crippen molar-refractivity contribution in [3.8, 4) is 5.75 Å². The summed E-state index contributed by atoms with van der Waals surface area (Å²) in [7, 11) is 0. The first-order valence-corrected chi connectivity index (χ1v) is 10.4. The number of thiazole rings is 1. The Kier molecular flexibility index (Phi) is 5.96. The van der Waals surface area contributed by atoms with Crippen molar-refractivity contribution in [1.29, 1.82) is 0 Å². The van der Waals surface area contributed by atoms with E-state index in [2.05, 4.69) is 9.80 Å². The predicted molar refractivity (Wildman–Crippen MR) is 111 cm³/mol. The van der Waals surface area contributed by atoms with Crippen molar-refractivity contribution < 1.29 is 14.2 Å². The van der Waals surface area contributed by atoms with Gasteiger partial charge in [0.05, 0.1) is 10.2 Å². The van der Waals surface area contributed by atoms with Gasteiger partial charge < -0.3 is 14.7 Å². The number of hydrogen-bond donors (Lipinski definition) is 1. The summed E-state index contributed by atoms with van der Waals surface area (Å²) in [5.74, 6) is 0.253. The van der Waals surface area contributed by atoms with E-state index in [9.17, 15) is 9.50 Å². The number of aromatic nitrogens is 1. The van der Waals surface area contributed by atoms with Gasteiger partial charge in [-0.25, -0.2) is 9.37 Å². The van der Waals surface area contributed by atoms with Crippen molar-refractivity contribution in [2.24, 2.45) is 0 Å². The molecule has 1 saturated heterocycles. The van der Waals surface area contributed by atoms with Crippen LogP contribution in [-0.2, 0) is 0 Å². The number of hydrogen-bond acceptors (Lipinski definition) is 6. The molecule has 0 bridgehead atoms. The maximum Gasteiger partial charge on any atom is 0.186 e. The Morgan fingerprint density at radius 1 is 1.14 bits per heavy atom. The van der Waals surface area contributed by atoms with Crippen molar-refractivity contribution in [2.45, 2.75) is 6.10 Å². The summed E-state index contributed by atoms with van der Waals surface area (Å²) in [6.45, 7) is 4.15. The molecule has 2 heterocycles. The van der Waals surface area contributed by atoms with Crippen LogP contribution in [0.5, 0.6) is 5.75 Å². The van der Waals surface area contributed by atoms with E-state index in [0.29, 0.717) is 12.3 Å².